The first-order valence-corrected chi connectivity index (χ1v) is 9.90. The lowest BCUT2D eigenvalue weighted by Gasteiger charge is -2.49. The Kier molecular flexibility index (Phi) is 6.17. The quantitative estimate of drug-likeness (QED) is 0.829. The monoisotopic (exact) mass is 374 g/mol. The Labute approximate surface area is 160 Å². The maximum absolute atomic E-state index is 12.7. The van der Waals surface area contributed by atoms with Crippen LogP contribution in [0.2, 0.25) is 0 Å². The Bertz CT molecular complexity index is 667. The lowest BCUT2D eigenvalue weighted by Crippen LogP contribution is -2.60. The molecule has 0 aromatic heterocycles. The van der Waals surface area contributed by atoms with Gasteiger partial charge in [0, 0.05) is 19.6 Å². The molecule has 1 heterocycles. The fourth-order valence-electron chi connectivity index (χ4n) is 4.30. The van der Waals surface area contributed by atoms with Gasteiger partial charge in [-0.15, -0.1) is 0 Å². The molecule has 1 aliphatic heterocycles. The summed E-state index contributed by atoms with van der Waals surface area (Å²) in [6.45, 7) is 6.03. The number of aromatic carboxylic acids is 1. The molecule has 27 heavy (non-hydrogen) atoms. The zero-order chi connectivity index (χ0) is 19.4. The molecule has 0 bridgehead atoms. The van der Waals surface area contributed by atoms with E-state index in [0.717, 1.165) is 31.5 Å². The Morgan fingerprint density at radius 3 is 2.56 bits per heavy atom. The molecule has 1 aromatic rings. The summed E-state index contributed by atoms with van der Waals surface area (Å²) >= 11 is 0. The molecule has 2 aliphatic rings. The summed E-state index contributed by atoms with van der Waals surface area (Å²) in [6, 6.07) is 6.38. The lowest BCUT2D eigenvalue weighted by molar-refractivity contribution is -0.172. The fourth-order valence-corrected chi connectivity index (χ4v) is 4.30. The number of rotatable bonds is 5. The summed E-state index contributed by atoms with van der Waals surface area (Å²) in [6.07, 6.45) is 5.98. The Balaban J connectivity index is 1.56. The van der Waals surface area contributed by atoms with Gasteiger partial charge in [-0.2, -0.15) is 0 Å². The molecule has 3 rings (SSSR count). The van der Waals surface area contributed by atoms with Crippen molar-refractivity contribution in [2.24, 2.45) is 0 Å². The van der Waals surface area contributed by atoms with Crippen LogP contribution >= 0.6 is 0 Å². The molecule has 2 unspecified atom stereocenters. The van der Waals surface area contributed by atoms with Crippen LogP contribution in [0.15, 0.2) is 24.3 Å². The van der Waals surface area contributed by atoms with E-state index in [4.69, 9.17) is 9.84 Å². The molecule has 2 atom stereocenters. The predicted molar refractivity (Wildman–Crippen MR) is 103 cm³/mol. The second kappa shape index (κ2) is 8.40. The molecule has 1 aromatic carbocycles. The number of ether oxygens (including phenoxy) is 1. The van der Waals surface area contributed by atoms with Crippen LogP contribution < -0.4 is 5.32 Å². The van der Waals surface area contributed by atoms with Gasteiger partial charge < -0.3 is 15.2 Å². The smallest absolute Gasteiger partial charge is 0.335 e. The predicted octanol–water partition coefficient (Wildman–Crippen LogP) is 2.81. The second-order valence-corrected chi connectivity index (χ2v) is 8.00. The summed E-state index contributed by atoms with van der Waals surface area (Å²) < 4.78 is 6.31. The molecule has 6 heteroatoms. The van der Waals surface area contributed by atoms with Crippen LogP contribution in [0.1, 0.15) is 61.9 Å². The van der Waals surface area contributed by atoms with Gasteiger partial charge in [-0.25, -0.2) is 4.79 Å². The maximum Gasteiger partial charge on any atom is 0.335 e. The molecular weight excluding hydrogens is 344 g/mol. The van der Waals surface area contributed by atoms with Crippen molar-refractivity contribution in [1.29, 1.82) is 0 Å². The molecule has 1 saturated heterocycles. The highest BCUT2D eigenvalue weighted by Crippen LogP contribution is 2.36. The highest BCUT2D eigenvalue weighted by molar-refractivity contribution is 5.87. The minimum atomic E-state index is -0.947. The van der Waals surface area contributed by atoms with Gasteiger partial charge in [0.2, 0.25) is 5.91 Å². The second-order valence-electron chi connectivity index (χ2n) is 8.00. The molecule has 1 amide bonds. The van der Waals surface area contributed by atoms with E-state index in [2.05, 4.69) is 17.1 Å². The molecular formula is C21H30N2O4. The Hall–Kier alpha value is -1.92. The average Bonchev–Trinajstić information content (AvgIpc) is 2.65. The van der Waals surface area contributed by atoms with E-state index in [1.807, 2.05) is 6.92 Å². The van der Waals surface area contributed by atoms with E-state index in [1.165, 1.54) is 19.3 Å². The minimum Gasteiger partial charge on any atom is -0.478 e. The van der Waals surface area contributed by atoms with Crippen LogP contribution in [0.3, 0.4) is 0 Å². The minimum absolute atomic E-state index is 0.00243. The zero-order valence-corrected chi connectivity index (χ0v) is 16.2. The van der Waals surface area contributed by atoms with Gasteiger partial charge in [-0.1, -0.05) is 31.4 Å². The number of carbonyl (C=O) groups is 2. The molecule has 1 aliphatic carbocycles. The number of hydrogen-bond acceptors (Lipinski definition) is 4. The Morgan fingerprint density at radius 1 is 1.26 bits per heavy atom. The van der Waals surface area contributed by atoms with Crippen molar-refractivity contribution in [3.63, 3.8) is 0 Å². The fraction of sp³-hybridized carbons (Fsp3) is 0.619. The number of morpholine rings is 1. The van der Waals surface area contributed by atoms with Crippen molar-refractivity contribution in [3.05, 3.63) is 35.4 Å². The topological polar surface area (TPSA) is 78.9 Å². The highest BCUT2D eigenvalue weighted by atomic mass is 16.5. The number of amides is 1. The van der Waals surface area contributed by atoms with Gasteiger partial charge in [-0.3, -0.25) is 9.69 Å². The third-order valence-corrected chi connectivity index (χ3v) is 5.79. The van der Waals surface area contributed by atoms with E-state index in [1.54, 1.807) is 24.3 Å². The number of carboxylic acids is 1. The van der Waals surface area contributed by atoms with Crippen LogP contribution in [0, 0.1) is 0 Å². The molecule has 1 spiro atoms. The molecule has 2 fully saturated rings. The van der Waals surface area contributed by atoms with Gasteiger partial charge in [-0.05, 0) is 44.4 Å². The zero-order valence-electron chi connectivity index (χ0n) is 16.2. The largest absolute Gasteiger partial charge is 0.478 e. The first-order valence-electron chi connectivity index (χ1n) is 9.90. The average molecular weight is 374 g/mol. The Morgan fingerprint density at radius 2 is 1.93 bits per heavy atom. The van der Waals surface area contributed by atoms with E-state index in [0.29, 0.717) is 6.54 Å². The molecule has 6 nitrogen and oxygen atoms in total. The number of hydrogen-bond donors (Lipinski definition) is 2. The summed E-state index contributed by atoms with van der Waals surface area (Å²) in [7, 11) is 0. The van der Waals surface area contributed by atoms with E-state index in [-0.39, 0.29) is 29.2 Å². The maximum atomic E-state index is 12.7. The van der Waals surface area contributed by atoms with Crippen molar-refractivity contribution < 1.29 is 19.4 Å². The van der Waals surface area contributed by atoms with Crippen molar-refractivity contribution >= 4 is 11.9 Å². The summed E-state index contributed by atoms with van der Waals surface area (Å²) in [5.74, 6) is -0.949. The molecule has 2 N–H and O–H groups in total. The first-order chi connectivity index (χ1) is 12.9. The van der Waals surface area contributed by atoms with Crippen molar-refractivity contribution in [1.82, 2.24) is 10.2 Å². The number of nitrogens with zero attached hydrogens (tertiary/aromatic N) is 1. The highest BCUT2D eigenvalue weighted by Gasteiger charge is 2.42. The number of carbonyl (C=O) groups excluding carboxylic acids is 1. The number of carboxylic acid groups (broad SMARTS) is 1. The van der Waals surface area contributed by atoms with Crippen LogP contribution in [0.4, 0.5) is 0 Å². The van der Waals surface area contributed by atoms with Crippen LogP contribution in [0.5, 0.6) is 0 Å². The van der Waals surface area contributed by atoms with E-state index >= 15 is 0 Å². The third kappa shape index (κ3) is 4.87. The number of benzene rings is 1. The van der Waals surface area contributed by atoms with Crippen LogP contribution in [0.25, 0.3) is 0 Å². The standard InChI is InChI=1S/C21H30N2O4/c1-15-13-23(14-21(27-15)10-4-3-5-11-21)16(2)19(24)22-12-17-6-8-18(9-7-17)20(25)26/h6-9,15-16H,3-5,10-14H2,1-2H3,(H,22,24)(H,25,26). The van der Waals surface area contributed by atoms with Gasteiger partial charge in [0.15, 0.2) is 0 Å². The van der Waals surface area contributed by atoms with Gasteiger partial charge in [0.05, 0.1) is 23.3 Å². The van der Waals surface area contributed by atoms with Crippen molar-refractivity contribution in [2.75, 3.05) is 13.1 Å². The van der Waals surface area contributed by atoms with Gasteiger partial charge >= 0.3 is 5.97 Å². The van der Waals surface area contributed by atoms with Crippen molar-refractivity contribution in [2.45, 2.75) is 70.2 Å². The normalized spacial score (nSPS) is 23.7. The van der Waals surface area contributed by atoms with Gasteiger partial charge in [0.25, 0.3) is 0 Å². The summed E-state index contributed by atoms with van der Waals surface area (Å²) in [4.78, 5) is 25.8. The van der Waals surface area contributed by atoms with E-state index in [9.17, 15) is 9.59 Å². The molecule has 0 radical (unpaired) electrons. The summed E-state index contributed by atoms with van der Waals surface area (Å²) in [5, 5.41) is 11.9. The molecule has 1 saturated carbocycles. The van der Waals surface area contributed by atoms with Crippen LogP contribution in [-0.4, -0.2) is 52.7 Å². The van der Waals surface area contributed by atoms with Crippen LogP contribution in [-0.2, 0) is 16.1 Å². The summed E-state index contributed by atoms with van der Waals surface area (Å²) in [5.41, 5.74) is 1.05. The first kappa shape index (κ1) is 19.8. The SMILES string of the molecule is CC1CN(C(C)C(=O)NCc2ccc(C(=O)O)cc2)CC2(CCCCC2)O1. The molecule has 148 valence electrons. The van der Waals surface area contributed by atoms with E-state index < -0.39 is 5.97 Å². The third-order valence-electron chi connectivity index (χ3n) is 5.79. The van der Waals surface area contributed by atoms with Gasteiger partial charge in [0.1, 0.15) is 0 Å². The lowest BCUT2D eigenvalue weighted by atomic mass is 9.82. The van der Waals surface area contributed by atoms with Crippen molar-refractivity contribution in [3.8, 4) is 0 Å². The number of nitrogens with one attached hydrogen (secondary N) is 1.